The number of anilines is 1. The van der Waals surface area contributed by atoms with E-state index in [0.29, 0.717) is 11.4 Å². The third kappa shape index (κ3) is 2.64. The highest BCUT2D eigenvalue weighted by Crippen LogP contribution is 2.26. The van der Waals surface area contributed by atoms with Crippen molar-refractivity contribution in [3.05, 3.63) is 66.2 Å². The van der Waals surface area contributed by atoms with Crippen LogP contribution in [-0.2, 0) is 0 Å². The number of rotatable bonds is 3. The molecule has 0 fully saturated rings. The molecule has 0 aromatic heterocycles. The van der Waals surface area contributed by atoms with E-state index in [1.165, 1.54) is 0 Å². The van der Waals surface area contributed by atoms with Gasteiger partial charge in [-0.05, 0) is 41.1 Å². The molecule has 0 atom stereocenters. The van der Waals surface area contributed by atoms with Crippen molar-refractivity contribution < 1.29 is 9.90 Å². The largest absolute Gasteiger partial charge is 0.507 e. The van der Waals surface area contributed by atoms with Crippen molar-refractivity contribution in [3.63, 3.8) is 0 Å². The molecule has 0 unspecified atom stereocenters. The molecule has 0 aliphatic carbocycles. The zero-order valence-corrected chi connectivity index (χ0v) is 11.6. The van der Waals surface area contributed by atoms with E-state index in [4.69, 9.17) is 5.53 Å². The number of fused-ring (bicyclic) bond motifs is 1. The molecule has 3 N–H and O–H groups in total. The van der Waals surface area contributed by atoms with Crippen LogP contribution in [0.4, 0.5) is 11.4 Å². The molecular formula is C17H13N3O2. The number of carbonyl (C=O) groups is 1. The highest BCUT2D eigenvalue weighted by atomic mass is 16.3. The van der Waals surface area contributed by atoms with Gasteiger partial charge in [-0.25, -0.2) is 5.53 Å². The Morgan fingerprint density at radius 1 is 1.00 bits per heavy atom. The molecule has 0 heterocycles. The molecule has 0 spiro atoms. The highest BCUT2D eigenvalue weighted by Gasteiger charge is 2.12. The molecule has 108 valence electrons. The summed E-state index contributed by atoms with van der Waals surface area (Å²) in [4.78, 5) is 12.3. The Balaban J connectivity index is 1.94. The van der Waals surface area contributed by atoms with Gasteiger partial charge >= 0.3 is 0 Å². The number of nitrogens with zero attached hydrogens (tertiary/aromatic N) is 1. The average Bonchev–Trinajstić information content (AvgIpc) is 2.54. The third-order valence-corrected chi connectivity index (χ3v) is 3.34. The number of hydrogen-bond acceptors (Lipinski definition) is 4. The molecule has 3 aromatic carbocycles. The first-order valence-corrected chi connectivity index (χ1v) is 6.68. The number of carbonyl (C=O) groups excluding carboxylic acids is 1. The Morgan fingerprint density at radius 3 is 2.45 bits per heavy atom. The predicted octanol–water partition coefficient (Wildman–Crippen LogP) is 4.46. The zero-order valence-electron chi connectivity index (χ0n) is 11.6. The van der Waals surface area contributed by atoms with Crippen molar-refractivity contribution in [1.82, 2.24) is 0 Å². The predicted molar refractivity (Wildman–Crippen MR) is 84.8 cm³/mol. The summed E-state index contributed by atoms with van der Waals surface area (Å²) in [6.45, 7) is 0. The van der Waals surface area contributed by atoms with Gasteiger partial charge < -0.3 is 10.4 Å². The first kappa shape index (κ1) is 13.8. The fourth-order valence-electron chi connectivity index (χ4n) is 2.26. The minimum absolute atomic E-state index is 0.0717. The van der Waals surface area contributed by atoms with Crippen molar-refractivity contribution in [2.24, 2.45) is 5.11 Å². The molecule has 0 radical (unpaired) electrons. The van der Waals surface area contributed by atoms with Crippen LogP contribution < -0.4 is 5.32 Å². The Hall–Kier alpha value is -3.21. The number of hydrogen-bond donors (Lipinski definition) is 3. The van der Waals surface area contributed by atoms with E-state index in [1.807, 2.05) is 24.3 Å². The molecular weight excluding hydrogens is 278 g/mol. The lowest BCUT2D eigenvalue weighted by molar-refractivity contribution is 0.102. The van der Waals surface area contributed by atoms with Crippen LogP contribution in [0.15, 0.2) is 65.8 Å². The van der Waals surface area contributed by atoms with E-state index < -0.39 is 5.91 Å². The molecule has 5 heteroatoms. The molecule has 1 amide bonds. The van der Waals surface area contributed by atoms with Gasteiger partial charge in [0.1, 0.15) is 5.75 Å². The van der Waals surface area contributed by atoms with Gasteiger partial charge in [-0.3, -0.25) is 4.79 Å². The summed E-state index contributed by atoms with van der Waals surface area (Å²) >= 11 is 0. The second-order valence-electron chi connectivity index (χ2n) is 4.83. The molecule has 22 heavy (non-hydrogen) atoms. The number of phenolic OH excluding ortho intramolecular Hbond substituents is 1. The van der Waals surface area contributed by atoms with Gasteiger partial charge in [-0.2, -0.15) is 5.11 Å². The topological polar surface area (TPSA) is 85.5 Å². The summed E-state index contributed by atoms with van der Waals surface area (Å²) in [6, 6.07) is 17.4. The lowest BCUT2D eigenvalue weighted by Gasteiger charge is -2.08. The molecule has 3 rings (SSSR count). The summed E-state index contributed by atoms with van der Waals surface area (Å²) in [5.41, 5.74) is 8.15. The van der Waals surface area contributed by atoms with Crippen LogP contribution in [0.5, 0.6) is 5.75 Å². The number of amides is 1. The molecule has 0 saturated carbocycles. The van der Waals surface area contributed by atoms with Crippen molar-refractivity contribution >= 4 is 28.1 Å². The maximum absolute atomic E-state index is 12.3. The highest BCUT2D eigenvalue weighted by molar-refractivity contribution is 6.08. The number of benzene rings is 3. The Morgan fingerprint density at radius 2 is 1.73 bits per heavy atom. The first-order valence-electron chi connectivity index (χ1n) is 6.68. The second-order valence-corrected chi connectivity index (χ2v) is 4.83. The molecule has 0 aliphatic rings. The quantitative estimate of drug-likeness (QED) is 0.622. The van der Waals surface area contributed by atoms with Crippen molar-refractivity contribution in [2.75, 3.05) is 5.32 Å². The van der Waals surface area contributed by atoms with Crippen LogP contribution in [0.3, 0.4) is 0 Å². The van der Waals surface area contributed by atoms with Gasteiger partial charge in [0.05, 0.1) is 11.3 Å². The molecule has 3 aromatic rings. The van der Waals surface area contributed by atoms with Crippen LogP contribution in [0, 0.1) is 5.53 Å². The van der Waals surface area contributed by atoms with E-state index in [0.717, 1.165) is 10.8 Å². The Kier molecular flexibility index (Phi) is 3.53. The van der Waals surface area contributed by atoms with Gasteiger partial charge in [-0.15, -0.1) is 0 Å². The Labute approximate surface area is 126 Å². The van der Waals surface area contributed by atoms with Gasteiger partial charge in [0.25, 0.3) is 5.91 Å². The lowest BCUT2D eigenvalue weighted by Crippen LogP contribution is -2.12. The third-order valence-electron chi connectivity index (χ3n) is 3.34. The zero-order chi connectivity index (χ0) is 15.5. The minimum Gasteiger partial charge on any atom is -0.507 e. The molecule has 0 saturated heterocycles. The molecule has 0 aliphatic heterocycles. The number of phenols is 1. The van der Waals surface area contributed by atoms with Crippen molar-refractivity contribution in [3.8, 4) is 5.75 Å². The Bertz CT molecular complexity index is 875. The fourth-order valence-corrected chi connectivity index (χ4v) is 2.26. The summed E-state index contributed by atoms with van der Waals surface area (Å²) in [7, 11) is 0. The van der Waals surface area contributed by atoms with Gasteiger partial charge in [0.15, 0.2) is 0 Å². The van der Waals surface area contributed by atoms with Crippen LogP contribution in [0.1, 0.15) is 10.4 Å². The van der Waals surface area contributed by atoms with Crippen LogP contribution in [-0.4, -0.2) is 11.0 Å². The van der Waals surface area contributed by atoms with Gasteiger partial charge in [0, 0.05) is 5.69 Å². The summed E-state index contributed by atoms with van der Waals surface area (Å²) < 4.78 is 0. The minimum atomic E-state index is -0.412. The maximum Gasteiger partial charge on any atom is 0.259 e. The van der Waals surface area contributed by atoms with Gasteiger partial charge in [0.2, 0.25) is 0 Å². The standard InChI is InChI=1S/C17H13N3O2/c18-20-14-7-3-6-13(10-14)19-17(22)15-8-11-4-1-2-5-12(11)9-16(15)21/h1-10,18,21H,(H,19,22). The van der Waals surface area contributed by atoms with Gasteiger partial charge in [-0.1, -0.05) is 30.3 Å². The average molecular weight is 291 g/mol. The SMILES string of the molecule is N=Nc1cccc(NC(=O)c2cc3ccccc3cc2O)c1. The second kappa shape index (κ2) is 5.65. The number of nitrogens with one attached hydrogen (secondary N) is 2. The molecule has 0 bridgehead atoms. The summed E-state index contributed by atoms with van der Waals surface area (Å²) in [5.74, 6) is -0.483. The molecule has 5 nitrogen and oxygen atoms in total. The van der Waals surface area contributed by atoms with E-state index in [2.05, 4.69) is 10.4 Å². The number of aromatic hydroxyl groups is 1. The smallest absolute Gasteiger partial charge is 0.259 e. The first-order chi connectivity index (χ1) is 10.7. The van der Waals surface area contributed by atoms with E-state index in [-0.39, 0.29) is 11.3 Å². The maximum atomic E-state index is 12.3. The van der Waals surface area contributed by atoms with Crippen molar-refractivity contribution in [2.45, 2.75) is 0 Å². The summed E-state index contributed by atoms with van der Waals surface area (Å²) in [5, 5.41) is 17.8. The monoisotopic (exact) mass is 291 g/mol. The van der Waals surface area contributed by atoms with Crippen LogP contribution >= 0.6 is 0 Å². The van der Waals surface area contributed by atoms with Crippen molar-refractivity contribution in [1.29, 1.82) is 5.53 Å². The lowest BCUT2D eigenvalue weighted by atomic mass is 10.1. The van der Waals surface area contributed by atoms with E-state index in [1.54, 1.807) is 36.4 Å². The van der Waals surface area contributed by atoms with E-state index >= 15 is 0 Å². The summed E-state index contributed by atoms with van der Waals surface area (Å²) in [6.07, 6.45) is 0. The fraction of sp³-hybridized carbons (Fsp3) is 0. The van der Waals surface area contributed by atoms with Crippen LogP contribution in [0.25, 0.3) is 10.8 Å². The van der Waals surface area contributed by atoms with E-state index in [9.17, 15) is 9.90 Å². The normalized spacial score (nSPS) is 10.4. The van der Waals surface area contributed by atoms with Crippen LogP contribution in [0.2, 0.25) is 0 Å².